The van der Waals surface area contributed by atoms with E-state index in [9.17, 15) is 4.79 Å². The van der Waals surface area contributed by atoms with Gasteiger partial charge < -0.3 is 4.79 Å². The van der Waals surface area contributed by atoms with Gasteiger partial charge in [-0.3, -0.25) is 0 Å². The van der Waals surface area contributed by atoms with Crippen LogP contribution in [0.15, 0.2) is 0 Å². The Morgan fingerprint density at radius 1 is 0.957 bits per heavy atom. The van der Waals surface area contributed by atoms with Crippen LogP contribution in [0.2, 0.25) is 0 Å². The van der Waals surface area contributed by atoms with Gasteiger partial charge in [-0.1, -0.05) is 45.5 Å². The second-order valence-electron chi connectivity index (χ2n) is 4.93. The molecule has 0 aliphatic carbocycles. The summed E-state index contributed by atoms with van der Waals surface area (Å²) in [7, 11) is 0. The Hall–Kier alpha value is -2.53. The zero-order chi connectivity index (χ0) is 17.8. The third kappa shape index (κ3) is 21.9. The maximum atomic E-state index is 10.7. The fraction of sp³-hybridized carbons (Fsp3) is 0.500. The molecule has 0 amide bonds. The first-order valence-electron chi connectivity index (χ1n) is 7.99. The lowest BCUT2D eigenvalue weighted by molar-refractivity contribution is -0.117. The van der Waals surface area contributed by atoms with Gasteiger partial charge in [-0.2, -0.15) is 0 Å². The number of hydrogen-bond acceptors (Lipinski definition) is 1. The number of carbonyl (C=O) groups is 1. The minimum atomic E-state index is 0.338. The molecule has 120 valence electrons. The number of rotatable bonds is 7. The molecule has 0 radical (unpaired) electrons. The van der Waals surface area contributed by atoms with Crippen molar-refractivity contribution in [3.63, 3.8) is 0 Å². The second-order valence-corrected chi connectivity index (χ2v) is 4.93. The highest BCUT2D eigenvalue weighted by molar-refractivity contribution is 5.75. The van der Waals surface area contributed by atoms with Crippen molar-refractivity contribution in [3.8, 4) is 59.7 Å². The van der Waals surface area contributed by atoms with E-state index < -0.39 is 0 Å². The topological polar surface area (TPSA) is 17.1 Å². The monoisotopic (exact) mass is 306 g/mol. The van der Waals surface area contributed by atoms with Gasteiger partial charge in [0, 0.05) is 6.42 Å². The highest BCUT2D eigenvalue weighted by Gasteiger charge is 2.06. The van der Waals surface area contributed by atoms with Crippen LogP contribution in [0.25, 0.3) is 0 Å². The molecule has 1 heteroatoms. The van der Waals surface area contributed by atoms with Crippen molar-refractivity contribution in [2.45, 2.75) is 66.2 Å². The fourth-order valence-corrected chi connectivity index (χ4v) is 1.71. The minimum Gasteiger partial charge on any atom is -0.300 e. The van der Waals surface area contributed by atoms with Gasteiger partial charge in [0.1, 0.15) is 5.78 Å². The molecule has 1 unspecified atom stereocenters. The average Bonchev–Trinajstić information content (AvgIpc) is 2.55. The van der Waals surface area contributed by atoms with Gasteiger partial charge in [-0.05, 0) is 73.5 Å². The number of carbonyl (C=O) groups excluding carboxylic acids is 1. The van der Waals surface area contributed by atoms with Crippen LogP contribution in [0.4, 0.5) is 0 Å². The molecule has 1 nitrogen and oxygen atoms in total. The standard InChI is InChI=1S/C11H22O.C11H4/c1-4-6-7-11(5-2)9-8-10(3)12;1-3-5-7-9-11-10-8-6-4-2/h11H,4-9H2,1-3H3;1H,2H3. The van der Waals surface area contributed by atoms with Gasteiger partial charge in [-0.15, -0.1) is 6.42 Å². The van der Waals surface area contributed by atoms with Crippen molar-refractivity contribution in [3.05, 3.63) is 0 Å². The van der Waals surface area contributed by atoms with E-state index in [0.29, 0.717) is 5.78 Å². The third-order valence-corrected chi connectivity index (χ3v) is 3.02. The molecule has 0 saturated heterocycles. The number of terminal acetylenes is 1. The lowest BCUT2D eigenvalue weighted by atomic mass is 9.94. The minimum absolute atomic E-state index is 0.338. The summed E-state index contributed by atoms with van der Waals surface area (Å²) >= 11 is 0. The van der Waals surface area contributed by atoms with Gasteiger partial charge in [0.15, 0.2) is 0 Å². The molecule has 0 aromatic carbocycles. The number of unbranched alkanes of at least 4 members (excludes halogenated alkanes) is 1. The van der Waals surface area contributed by atoms with Crippen molar-refractivity contribution < 1.29 is 4.79 Å². The highest BCUT2D eigenvalue weighted by atomic mass is 16.1. The van der Waals surface area contributed by atoms with E-state index in [1.807, 2.05) is 0 Å². The van der Waals surface area contributed by atoms with Crippen molar-refractivity contribution in [2.24, 2.45) is 5.92 Å². The van der Waals surface area contributed by atoms with Gasteiger partial charge in [0.2, 0.25) is 0 Å². The maximum Gasteiger partial charge on any atom is 0.129 e. The zero-order valence-corrected chi connectivity index (χ0v) is 14.8. The van der Waals surface area contributed by atoms with Crippen LogP contribution in [0.5, 0.6) is 0 Å². The van der Waals surface area contributed by atoms with Crippen LogP contribution in [0, 0.1) is 65.6 Å². The molecule has 0 rings (SSSR count). The van der Waals surface area contributed by atoms with E-state index in [1.54, 1.807) is 13.8 Å². The molecule has 0 spiro atoms. The molecule has 23 heavy (non-hydrogen) atoms. The summed E-state index contributed by atoms with van der Waals surface area (Å²) < 4.78 is 0. The van der Waals surface area contributed by atoms with Crippen LogP contribution < -0.4 is 0 Å². The van der Waals surface area contributed by atoms with Gasteiger partial charge in [0.25, 0.3) is 0 Å². The Kier molecular flexibility index (Phi) is 19.3. The molecule has 0 saturated carbocycles. The van der Waals surface area contributed by atoms with Crippen molar-refractivity contribution in [2.75, 3.05) is 0 Å². The Labute approximate surface area is 143 Å². The van der Waals surface area contributed by atoms with Gasteiger partial charge >= 0.3 is 0 Å². The van der Waals surface area contributed by atoms with E-state index >= 15 is 0 Å². The van der Waals surface area contributed by atoms with E-state index in [0.717, 1.165) is 18.8 Å². The van der Waals surface area contributed by atoms with Crippen LogP contribution >= 0.6 is 0 Å². The summed E-state index contributed by atoms with van der Waals surface area (Å²) in [6.45, 7) is 7.84. The summed E-state index contributed by atoms with van der Waals surface area (Å²) in [6.07, 6.45) is 11.8. The number of ketones is 1. The van der Waals surface area contributed by atoms with Crippen LogP contribution in [-0.4, -0.2) is 5.78 Å². The SMILES string of the molecule is C#CC#CC#CC#CC#CC.CCCCC(CC)CCC(C)=O. The lowest BCUT2D eigenvalue weighted by Crippen LogP contribution is -2.01. The number of hydrogen-bond donors (Lipinski definition) is 0. The molecule has 0 N–H and O–H groups in total. The average molecular weight is 306 g/mol. The molecule has 0 fully saturated rings. The Bertz CT molecular complexity index is 600. The summed E-state index contributed by atoms with van der Waals surface area (Å²) in [6, 6.07) is 0. The van der Waals surface area contributed by atoms with Crippen LogP contribution in [0.1, 0.15) is 66.2 Å². The van der Waals surface area contributed by atoms with E-state index in [4.69, 9.17) is 6.42 Å². The smallest absolute Gasteiger partial charge is 0.129 e. The summed E-state index contributed by atoms with van der Waals surface area (Å²) in [5, 5.41) is 0. The third-order valence-electron chi connectivity index (χ3n) is 3.02. The van der Waals surface area contributed by atoms with Gasteiger partial charge in [-0.25, -0.2) is 0 Å². The molecule has 0 aliphatic rings. The highest BCUT2D eigenvalue weighted by Crippen LogP contribution is 2.18. The summed E-state index contributed by atoms with van der Waals surface area (Å²) in [5.41, 5.74) is 0. The Balaban J connectivity index is 0. The largest absolute Gasteiger partial charge is 0.300 e. The van der Waals surface area contributed by atoms with Gasteiger partial charge in [0.05, 0.1) is 0 Å². The first kappa shape index (κ1) is 22.7. The predicted octanol–water partition coefficient (Wildman–Crippen LogP) is 4.23. The van der Waals surface area contributed by atoms with E-state index in [1.165, 1.54) is 25.7 Å². The number of Topliss-reactive ketones (excluding diaryl/α,β-unsaturated/α-hetero) is 1. The zero-order valence-electron chi connectivity index (χ0n) is 14.8. The summed E-state index contributed by atoms with van der Waals surface area (Å²) in [4.78, 5) is 10.7. The van der Waals surface area contributed by atoms with Crippen molar-refractivity contribution in [1.29, 1.82) is 0 Å². The Morgan fingerprint density at radius 3 is 1.96 bits per heavy atom. The predicted molar refractivity (Wildman–Crippen MR) is 98.8 cm³/mol. The molecule has 0 aromatic heterocycles. The second kappa shape index (κ2) is 19.5. The van der Waals surface area contributed by atoms with Crippen LogP contribution in [0.3, 0.4) is 0 Å². The molecular formula is C22H26O. The quantitative estimate of drug-likeness (QED) is 0.643. The molecule has 0 aromatic rings. The van der Waals surface area contributed by atoms with Crippen molar-refractivity contribution >= 4 is 5.78 Å². The molecule has 0 heterocycles. The van der Waals surface area contributed by atoms with Crippen LogP contribution in [-0.2, 0) is 4.79 Å². The maximum absolute atomic E-state index is 10.7. The first-order valence-corrected chi connectivity index (χ1v) is 7.99. The molecule has 0 aliphatic heterocycles. The molecule has 0 bridgehead atoms. The van der Waals surface area contributed by atoms with E-state index in [-0.39, 0.29) is 0 Å². The first-order chi connectivity index (χ1) is 11.1. The molecular weight excluding hydrogens is 280 g/mol. The summed E-state index contributed by atoms with van der Waals surface area (Å²) in [5.74, 6) is 23.1. The van der Waals surface area contributed by atoms with E-state index in [2.05, 4.69) is 67.1 Å². The normalized spacial score (nSPS) is 8.48. The Morgan fingerprint density at radius 2 is 1.52 bits per heavy atom. The fourth-order valence-electron chi connectivity index (χ4n) is 1.71. The van der Waals surface area contributed by atoms with Crippen molar-refractivity contribution in [1.82, 2.24) is 0 Å². The lowest BCUT2D eigenvalue weighted by Gasteiger charge is -2.12. The molecule has 1 atom stereocenters.